The third kappa shape index (κ3) is 4.97. The Labute approximate surface area is 185 Å². The molecule has 1 aromatic heterocycles. The number of imidazole rings is 1. The van der Waals surface area contributed by atoms with Gasteiger partial charge in [-0.1, -0.05) is 20.3 Å². The summed E-state index contributed by atoms with van der Waals surface area (Å²) >= 11 is 0. The van der Waals surface area contributed by atoms with E-state index in [9.17, 15) is 0 Å². The molecule has 166 valence electrons. The Morgan fingerprint density at radius 3 is 2.55 bits per heavy atom. The predicted octanol–water partition coefficient (Wildman–Crippen LogP) is 7.11. The van der Waals surface area contributed by atoms with Gasteiger partial charge in [-0.15, -0.1) is 0 Å². The van der Waals surface area contributed by atoms with E-state index in [0.29, 0.717) is 18.1 Å². The molecular formula is C26H35N3O2. The summed E-state index contributed by atoms with van der Waals surface area (Å²) in [5.74, 6) is 2.67. The van der Waals surface area contributed by atoms with Gasteiger partial charge in [0.2, 0.25) is 5.95 Å². The first-order chi connectivity index (χ1) is 14.8. The summed E-state index contributed by atoms with van der Waals surface area (Å²) in [5.41, 5.74) is 3.47. The van der Waals surface area contributed by atoms with E-state index in [4.69, 9.17) is 14.5 Å². The first-order valence-electron chi connectivity index (χ1n) is 11.5. The van der Waals surface area contributed by atoms with Crippen LogP contribution in [0.25, 0.3) is 11.0 Å². The summed E-state index contributed by atoms with van der Waals surface area (Å²) < 4.78 is 14.0. The fourth-order valence-corrected chi connectivity index (χ4v) is 4.68. The van der Waals surface area contributed by atoms with E-state index in [1.165, 1.54) is 19.3 Å². The van der Waals surface area contributed by atoms with Crippen LogP contribution in [0, 0.1) is 5.41 Å². The predicted molar refractivity (Wildman–Crippen MR) is 128 cm³/mol. The molecule has 0 aliphatic heterocycles. The van der Waals surface area contributed by atoms with E-state index in [2.05, 4.69) is 48.0 Å². The second kappa shape index (κ2) is 8.81. The van der Waals surface area contributed by atoms with Gasteiger partial charge in [0, 0.05) is 17.8 Å². The molecule has 0 saturated heterocycles. The highest BCUT2D eigenvalue weighted by molar-refractivity contribution is 5.81. The van der Waals surface area contributed by atoms with Crippen LogP contribution < -0.4 is 14.8 Å². The minimum atomic E-state index is 0.164. The monoisotopic (exact) mass is 421 g/mol. The average molecular weight is 422 g/mol. The lowest BCUT2D eigenvalue weighted by Crippen LogP contribution is -2.25. The Morgan fingerprint density at radius 2 is 1.87 bits per heavy atom. The Kier molecular flexibility index (Phi) is 6.12. The Hall–Kier alpha value is -2.69. The van der Waals surface area contributed by atoms with Gasteiger partial charge in [0.25, 0.3) is 0 Å². The molecule has 1 heterocycles. The Balaban J connectivity index is 1.71. The van der Waals surface area contributed by atoms with Crippen LogP contribution in [0.3, 0.4) is 0 Å². The third-order valence-corrected chi connectivity index (χ3v) is 6.00. The molecule has 0 spiro atoms. The zero-order valence-corrected chi connectivity index (χ0v) is 19.4. The van der Waals surface area contributed by atoms with Gasteiger partial charge in [-0.3, -0.25) is 0 Å². The number of anilines is 2. The van der Waals surface area contributed by atoms with Crippen LogP contribution in [0.2, 0.25) is 0 Å². The second-order valence-corrected chi connectivity index (χ2v) is 9.62. The maximum absolute atomic E-state index is 5.79. The number of nitrogens with one attached hydrogen (secondary N) is 1. The van der Waals surface area contributed by atoms with E-state index in [0.717, 1.165) is 40.6 Å². The zero-order valence-electron chi connectivity index (χ0n) is 19.4. The van der Waals surface area contributed by atoms with Gasteiger partial charge in [-0.2, -0.15) is 0 Å². The quantitative estimate of drug-likeness (QED) is 0.442. The maximum atomic E-state index is 5.79. The minimum absolute atomic E-state index is 0.164. The van der Waals surface area contributed by atoms with Crippen molar-refractivity contribution in [1.29, 1.82) is 0 Å². The number of ether oxygens (including phenoxy) is 2. The van der Waals surface area contributed by atoms with Gasteiger partial charge >= 0.3 is 0 Å². The molecule has 1 atom stereocenters. The molecule has 0 bridgehead atoms. The molecule has 1 saturated carbocycles. The highest BCUT2D eigenvalue weighted by Crippen LogP contribution is 2.44. The number of fused-ring (bicyclic) bond motifs is 1. The topological polar surface area (TPSA) is 48.3 Å². The average Bonchev–Trinajstić information content (AvgIpc) is 3.06. The van der Waals surface area contributed by atoms with Crippen molar-refractivity contribution >= 4 is 22.7 Å². The Bertz CT molecular complexity index is 1020. The first kappa shape index (κ1) is 21.5. The van der Waals surface area contributed by atoms with Gasteiger partial charge in [0.1, 0.15) is 11.5 Å². The van der Waals surface area contributed by atoms with Crippen LogP contribution in [0.4, 0.5) is 11.6 Å². The standard InChI is InChI=1S/C26H35N3O2/c1-6-30-22-13-14-23-24(16-22)29(20-8-7-15-26(4,5)17-20)25(28-23)27-19-9-11-21(12-10-19)31-18(2)3/h9-14,16,18,20H,6-8,15,17H2,1-5H3,(H,27,28)/t20-/m0/s1. The van der Waals surface area contributed by atoms with Crippen LogP contribution in [0.1, 0.15) is 66.3 Å². The van der Waals surface area contributed by atoms with Crippen molar-refractivity contribution in [3.05, 3.63) is 42.5 Å². The third-order valence-electron chi connectivity index (χ3n) is 6.00. The molecule has 3 aromatic rings. The molecule has 0 radical (unpaired) electrons. The van der Waals surface area contributed by atoms with E-state index in [-0.39, 0.29) is 6.10 Å². The molecule has 1 aliphatic carbocycles. The number of hydrogen-bond donors (Lipinski definition) is 1. The molecule has 5 nitrogen and oxygen atoms in total. The van der Waals surface area contributed by atoms with E-state index in [1.807, 2.05) is 39.0 Å². The molecular weight excluding hydrogens is 386 g/mol. The van der Waals surface area contributed by atoms with Gasteiger partial charge in [0.05, 0.1) is 23.7 Å². The molecule has 31 heavy (non-hydrogen) atoms. The van der Waals surface area contributed by atoms with Crippen LogP contribution in [0.15, 0.2) is 42.5 Å². The van der Waals surface area contributed by atoms with E-state index >= 15 is 0 Å². The lowest BCUT2D eigenvalue weighted by molar-refractivity contribution is 0.187. The number of benzene rings is 2. The van der Waals surface area contributed by atoms with Crippen molar-refractivity contribution in [1.82, 2.24) is 9.55 Å². The lowest BCUT2D eigenvalue weighted by Gasteiger charge is -2.36. The summed E-state index contributed by atoms with van der Waals surface area (Å²) in [6.45, 7) is 11.5. The van der Waals surface area contributed by atoms with Crippen LogP contribution in [0.5, 0.6) is 11.5 Å². The van der Waals surface area contributed by atoms with Crippen molar-refractivity contribution in [2.24, 2.45) is 5.41 Å². The smallest absolute Gasteiger partial charge is 0.208 e. The molecule has 4 rings (SSSR count). The largest absolute Gasteiger partial charge is 0.494 e. The maximum Gasteiger partial charge on any atom is 0.208 e. The molecule has 0 amide bonds. The van der Waals surface area contributed by atoms with Gasteiger partial charge < -0.3 is 19.4 Å². The molecule has 0 unspecified atom stereocenters. The fourth-order valence-electron chi connectivity index (χ4n) is 4.68. The molecule has 1 fully saturated rings. The van der Waals surface area contributed by atoms with Crippen LogP contribution in [-0.2, 0) is 0 Å². The first-order valence-corrected chi connectivity index (χ1v) is 11.5. The van der Waals surface area contributed by atoms with Crippen molar-refractivity contribution in [2.45, 2.75) is 72.4 Å². The molecule has 1 aliphatic rings. The van der Waals surface area contributed by atoms with Crippen molar-refractivity contribution in [3.8, 4) is 11.5 Å². The number of hydrogen-bond acceptors (Lipinski definition) is 4. The van der Waals surface area contributed by atoms with Crippen molar-refractivity contribution in [3.63, 3.8) is 0 Å². The molecule has 5 heteroatoms. The van der Waals surface area contributed by atoms with Crippen molar-refractivity contribution in [2.75, 3.05) is 11.9 Å². The summed E-state index contributed by atoms with van der Waals surface area (Å²) in [4.78, 5) is 4.97. The number of nitrogens with zero attached hydrogens (tertiary/aromatic N) is 2. The van der Waals surface area contributed by atoms with Crippen LogP contribution in [-0.4, -0.2) is 22.3 Å². The highest BCUT2D eigenvalue weighted by atomic mass is 16.5. The fraction of sp³-hybridized carbons (Fsp3) is 0.500. The van der Waals surface area contributed by atoms with Gasteiger partial charge in [-0.05, 0) is 81.8 Å². The summed E-state index contributed by atoms with van der Waals surface area (Å²) in [5, 5.41) is 3.57. The zero-order chi connectivity index (χ0) is 22.0. The normalized spacial score (nSPS) is 18.3. The number of aromatic nitrogens is 2. The second-order valence-electron chi connectivity index (χ2n) is 9.62. The molecule has 1 N–H and O–H groups in total. The minimum Gasteiger partial charge on any atom is -0.494 e. The van der Waals surface area contributed by atoms with Crippen molar-refractivity contribution < 1.29 is 9.47 Å². The van der Waals surface area contributed by atoms with Gasteiger partial charge in [-0.25, -0.2) is 4.98 Å². The van der Waals surface area contributed by atoms with E-state index in [1.54, 1.807) is 0 Å². The van der Waals surface area contributed by atoms with Crippen LogP contribution >= 0.6 is 0 Å². The van der Waals surface area contributed by atoms with Gasteiger partial charge in [0.15, 0.2) is 0 Å². The summed E-state index contributed by atoms with van der Waals surface area (Å²) in [6.07, 6.45) is 5.00. The SMILES string of the molecule is CCOc1ccc2nc(Nc3ccc(OC(C)C)cc3)n([C@H]3CCCC(C)(C)C3)c2c1. The number of rotatable bonds is 7. The summed E-state index contributed by atoms with van der Waals surface area (Å²) in [6, 6.07) is 14.7. The lowest BCUT2D eigenvalue weighted by atomic mass is 9.75. The van der Waals surface area contributed by atoms with E-state index < -0.39 is 0 Å². The Morgan fingerprint density at radius 1 is 1.13 bits per heavy atom. The molecule has 2 aromatic carbocycles. The summed E-state index contributed by atoms with van der Waals surface area (Å²) in [7, 11) is 0. The highest BCUT2D eigenvalue weighted by Gasteiger charge is 2.31.